The number of hydrogen-bond donors (Lipinski definition) is 0. The van der Waals surface area contributed by atoms with E-state index in [0.29, 0.717) is 33.2 Å². The summed E-state index contributed by atoms with van der Waals surface area (Å²) in [5.41, 5.74) is 6.22. The van der Waals surface area contributed by atoms with Crippen LogP contribution < -0.4 is 0 Å². The molecule has 0 bridgehead atoms. The number of rotatable bonds is 12. The largest absolute Gasteiger partial charge is 0.412 e. The van der Waals surface area contributed by atoms with E-state index in [9.17, 15) is 0 Å². The summed E-state index contributed by atoms with van der Waals surface area (Å²) in [6, 6.07) is 8.90. The van der Waals surface area contributed by atoms with Crippen molar-refractivity contribution in [1.29, 1.82) is 0 Å². The zero-order chi connectivity index (χ0) is 23.3. The molecule has 0 fully saturated rings. The highest BCUT2D eigenvalue weighted by molar-refractivity contribution is 6.78. The zero-order valence-electron chi connectivity index (χ0n) is 22.0. The van der Waals surface area contributed by atoms with Gasteiger partial charge in [-0.2, -0.15) is 0 Å². The van der Waals surface area contributed by atoms with Crippen molar-refractivity contribution in [3.63, 3.8) is 0 Å². The number of hydrogen-bond acceptors (Lipinski definition) is 2. The van der Waals surface area contributed by atoms with Gasteiger partial charge in [0.25, 0.3) is 0 Å². The molecule has 0 aliphatic carbocycles. The highest BCUT2D eigenvalue weighted by atomic mass is 28.4. The minimum atomic E-state index is -1.85. The van der Waals surface area contributed by atoms with Crippen LogP contribution in [0.25, 0.3) is 0 Å². The highest BCUT2D eigenvalue weighted by Crippen LogP contribution is 2.44. The molecule has 0 radical (unpaired) electrons. The van der Waals surface area contributed by atoms with E-state index >= 15 is 0 Å². The van der Waals surface area contributed by atoms with E-state index in [0.717, 1.165) is 13.2 Å². The summed E-state index contributed by atoms with van der Waals surface area (Å²) in [7, 11) is -3.69. The quantitative estimate of drug-likeness (QED) is 0.296. The van der Waals surface area contributed by atoms with Gasteiger partial charge in [-0.05, 0) is 44.4 Å². The van der Waals surface area contributed by atoms with Crippen LogP contribution in [0.2, 0.25) is 33.2 Å². The van der Waals surface area contributed by atoms with Crippen molar-refractivity contribution >= 4 is 16.6 Å². The molecule has 0 saturated heterocycles. The first-order valence-electron chi connectivity index (χ1n) is 12.2. The predicted molar refractivity (Wildman–Crippen MR) is 138 cm³/mol. The Morgan fingerprint density at radius 2 is 0.800 bits per heavy atom. The fourth-order valence-electron chi connectivity index (χ4n) is 6.23. The summed E-state index contributed by atoms with van der Waals surface area (Å²) in [6.07, 6.45) is 0. The molecule has 2 nitrogen and oxygen atoms in total. The lowest BCUT2D eigenvalue weighted by Gasteiger charge is -2.42. The maximum Gasteiger partial charge on any atom is 0.200 e. The van der Waals surface area contributed by atoms with Crippen LogP contribution in [0.3, 0.4) is 0 Å². The van der Waals surface area contributed by atoms with Crippen molar-refractivity contribution in [1.82, 2.24) is 0 Å². The summed E-state index contributed by atoms with van der Waals surface area (Å²) in [6.45, 7) is 29.7. The first kappa shape index (κ1) is 27.6. The second-order valence-corrected chi connectivity index (χ2v) is 22.0. The Labute approximate surface area is 190 Å². The SMILES string of the molecule is CC(C)[Si](OCc1cccc(CO[Si](C(C)C)(C(C)C)C(C)C)c1)(C(C)C)C(C)C. The van der Waals surface area contributed by atoms with Crippen molar-refractivity contribution in [2.75, 3.05) is 0 Å². The van der Waals surface area contributed by atoms with Gasteiger partial charge in [0.05, 0.1) is 13.2 Å². The molecule has 0 spiro atoms. The van der Waals surface area contributed by atoms with Crippen LogP contribution in [0, 0.1) is 0 Å². The lowest BCUT2D eigenvalue weighted by atomic mass is 10.1. The Balaban J connectivity index is 3.01. The van der Waals surface area contributed by atoms with Gasteiger partial charge in [-0.15, -0.1) is 0 Å². The van der Waals surface area contributed by atoms with Gasteiger partial charge in [-0.1, -0.05) is 107 Å². The van der Waals surface area contributed by atoms with Crippen LogP contribution >= 0.6 is 0 Å². The van der Waals surface area contributed by atoms with E-state index < -0.39 is 16.6 Å². The van der Waals surface area contributed by atoms with Gasteiger partial charge in [0, 0.05) is 0 Å². The molecule has 0 unspecified atom stereocenters. The van der Waals surface area contributed by atoms with Gasteiger partial charge >= 0.3 is 0 Å². The first-order chi connectivity index (χ1) is 13.8. The molecule has 4 heteroatoms. The molecule has 0 heterocycles. The summed E-state index contributed by atoms with van der Waals surface area (Å²) in [5, 5.41) is 0. The van der Waals surface area contributed by atoms with Crippen molar-refractivity contribution in [3.8, 4) is 0 Å². The monoisotopic (exact) mass is 450 g/mol. The topological polar surface area (TPSA) is 18.5 Å². The molecule has 30 heavy (non-hydrogen) atoms. The third-order valence-corrected chi connectivity index (χ3v) is 19.5. The van der Waals surface area contributed by atoms with E-state index in [2.05, 4.69) is 107 Å². The zero-order valence-corrected chi connectivity index (χ0v) is 24.0. The molecule has 174 valence electrons. The average Bonchev–Trinajstić information content (AvgIpc) is 2.61. The van der Waals surface area contributed by atoms with E-state index in [4.69, 9.17) is 8.85 Å². The molecule has 1 aromatic carbocycles. The minimum absolute atomic E-state index is 0.610. The third-order valence-electron chi connectivity index (χ3n) is 7.38. The average molecular weight is 451 g/mol. The molecule has 1 rings (SSSR count). The van der Waals surface area contributed by atoms with Crippen LogP contribution in [0.15, 0.2) is 24.3 Å². The second kappa shape index (κ2) is 11.4. The highest BCUT2D eigenvalue weighted by Gasteiger charge is 2.46. The smallest absolute Gasteiger partial charge is 0.200 e. The van der Waals surface area contributed by atoms with Gasteiger partial charge in [-0.25, -0.2) is 0 Å². The molecule has 0 amide bonds. The van der Waals surface area contributed by atoms with Crippen LogP contribution in [-0.2, 0) is 22.1 Å². The Morgan fingerprint density at radius 3 is 1.03 bits per heavy atom. The van der Waals surface area contributed by atoms with Crippen molar-refractivity contribution in [2.24, 2.45) is 0 Å². The van der Waals surface area contributed by atoms with Crippen LogP contribution in [0.1, 0.15) is 94.2 Å². The summed E-state index contributed by atoms with van der Waals surface area (Å²) < 4.78 is 13.6. The van der Waals surface area contributed by atoms with E-state index in [-0.39, 0.29) is 0 Å². The molecular weight excluding hydrogens is 400 g/mol. The Morgan fingerprint density at radius 1 is 0.533 bits per heavy atom. The third kappa shape index (κ3) is 5.87. The lowest BCUT2D eigenvalue weighted by Crippen LogP contribution is -2.47. The molecule has 0 aliphatic rings. The Kier molecular flexibility index (Phi) is 10.5. The lowest BCUT2D eigenvalue weighted by molar-refractivity contribution is 0.260. The summed E-state index contributed by atoms with van der Waals surface area (Å²) in [4.78, 5) is 0. The summed E-state index contributed by atoms with van der Waals surface area (Å²) >= 11 is 0. The minimum Gasteiger partial charge on any atom is -0.412 e. The van der Waals surface area contributed by atoms with Crippen molar-refractivity contribution in [2.45, 2.75) is 130 Å². The predicted octanol–water partition coefficient (Wildman–Crippen LogP) is 9.07. The molecule has 0 saturated carbocycles. The van der Waals surface area contributed by atoms with E-state index in [1.165, 1.54) is 11.1 Å². The van der Waals surface area contributed by atoms with Gasteiger partial charge in [-0.3, -0.25) is 0 Å². The molecule has 0 atom stereocenters. The summed E-state index contributed by atoms with van der Waals surface area (Å²) in [5.74, 6) is 0. The normalized spacial score (nSPS) is 13.7. The number of benzene rings is 1. The van der Waals surface area contributed by atoms with Crippen molar-refractivity contribution < 1.29 is 8.85 Å². The molecule has 1 aromatic rings. The standard InChI is InChI=1S/C26H50O2Si2/c1-19(2)29(20(3)4,21(5)6)27-17-25-14-13-15-26(16-25)18-28-30(22(7)8,23(9)10)24(11)12/h13-16,19-24H,17-18H2,1-12H3. The van der Waals surface area contributed by atoms with Crippen LogP contribution in [0.4, 0.5) is 0 Å². The van der Waals surface area contributed by atoms with E-state index in [1.807, 2.05) is 0 Å². The molecule has 0 aromatic heterocycles. The van der Waals surface area contributed by atoms with Crippen LogP contribution in [-0.4, -0.2) is 16.6 Å². The fourth-order valence-corrected chi connectivity index (χ4v) is 17.1. The molecular formula is C26H50O2Si2. The maximum absolute atomic E-state index is 6.82. The Bertz CT molecular complexity index is 541. The second-order valence-electron chi connectivity index (χ2n) is 11.0. The van der Waals surface area contributed by atoms with Crippen LogP contribution in [0.5, 0.6) is 0 Å². The Hall–Kier alpha value is -0.426. The first-order valence-corrected chi connectivity index (χ1v) is 16.5. The van der Waals surface area contributed by atoms with Gasteiger partial charge in [0.2, 0.25) is 16.6 Å². The molecule has 0 aliphatic heterocycles. The maximum atomic E-state index is 6.82. The van der Waals surface area contributed by atoms with Gasteiger partial charge in [0.15, 0.2) is 0 Å². The van der Waals surface area contributed by atoms with E-state index in [1.54, 1.807) is 0 Å². The molecule has 0 N–H and O–H groups in total. The van der Waals surface area contributed by atoms with Crippen molar-refractivity contribution in [3.05, 3.63) is 35.4 Å². The fraction of sp³-hybridized carbons (Fsp3) is 0.769. The van der Waals surface area contributed by atoms with Gasteiger partial charge < -0.3 is 8.85 Å². The van der Waals surface area contributed by atoms with Gasteiger partial charge in [0.1, 0.15) is 0 Å².